The molecule has 7 heteroatoms. The molecule has 0 spiro atoms. The lowest BCUT2D eigenvalue weighted by Gasteiger charge is -2.19. The van der Waals surface area contributed by atoms with Gasteiger partial charge in [-0.15, -0.1) is 0 Å². The molecule has 2 heterocycles. The van der Waals surface area contributed by atoms with Crippen LogP contribution in [-0.2, 0) is 16.0 Å². The number of carbonyl (C=O) groups is 2. The van der Waals surface area contributed by atoms with Crippen LogP contribution in [0, 0.1) is 0 Å². The predicted molar refractivity (Wildman–Crippen MR) is 95.4 cm³/mol. The van der Waals surface area contributed by atoms with Gasteiger partial charge >= 0.3 is 6.09 Å². The first kappa shape index (κ1) is 18.8. The van der Waals surface area contributed by atoms with Crippen molar-refractivity contribution in [1.29, 1.82) is 0 Å². The van der Waals surface area contributed by atoms with E-state index in [1.165, 1.54) is 0 Å². The van der Waals surface area contributed by atoms with Crippen LogP contribution < -0.4 is 10.6 Å². The van der Waals surface area contributed by atoms with Crippen LogP contribution in [0.4, 0.5) is 4.79 Å². The van der Waals surface area contributed by atoms with E-state index >= 15 is 0 Å². The Morgan fingerprint density at radius 3 is 2.72 bits per heavy atom. The summed E-state index contributed by atoms with van der Waals surface area (Å²) in [5, 5.41) is 5.51. The molecule has 25 heavy (non-hydrogen) atoms. The molecule has 0 unspecified atom stereocenters. The second-order valence-corrected chi connectivity index (χ2v) is 6.83. The lowest BCUT2D eigenvalue weighted by Crippen LogP contribution is -2.33. The highest BCUT2D eigenvalue weighted by Gasteiger charge is 2.15. The Balaban J connectivity index is 1.59. The van der Waals surface area contributed by atoms with Crippen molar-refractivity contribution in [2.24, 2.45) is 0 Å². The molecule has 2 amide bonds. The van der Waals surface area contributed by atoms with E-state index in [0.717, 1.165) is 11.3 Å². The number of hydrogen-bond acceptors (Lipinski definition) is 4. The van der Waals surface area contributed by atoms with Gasteiger partial charge in [-0.1, -0.05) is 6.07 Å². The maximum Gasteiger partial charge on any atom is 0.407 e. The van der Waals surface area contributed by atoms with Gasteiger partial charge < -0.3 is 19.8 Å². The second-order valence-electron chi connectivity index (χ2n) is 6.83. The molecule has 0 saturated heterocycles. The van der Waals surface area contributed by atoms with Crippen LogP contribution >= 0.6 is 0 Å². The minimum absolute atomic E-state index is 0.0326. The number of rotatable bonds is 7. The van der Waals surface area contributed by atoms with E-state index in [2.05, 4.69) is 15.6 Å². The zero-order chi connectivity index (χ0) is 18.3. The summed E-state index contributed by atoms with van der Waals surface area (Å²) in [6.45, 7) is 6.38. The Labute approximate surface area is 147 Å². The van der Waals surface area contributed by atoms with Crippen molar-refractivity contribution in [3.63, 3.8) is 0 Å². The molecule has 136 valence electrons. The van der Waals surface area contributed by atoms with Crippen molar-refractivity contribution >= 4 is 17.6 Å². The van der Waals surface area contributed by atoms with Gasteiger partial charge in [0, 0.05) is 38.3 Å². The van der Waals surface area contributed by atoms with Gasteiger partial charge in [0.15, 0.2) is 0 Å². The molecule has 0 saturated carbocycles. The van der Waals surface area contributed by atoms with Gasteiger partial charge in [-0.25, -0.2) is 9.78 Å². The zero-order valence-corrected chi connectivity index (χ0v) is 15.0. The van der Waals surface area contributed by atoms with Crippen molar-refractivity contribution in [3.05, 3.63) is 36.3 Å². The number of ether oxygens (including phenoxy) is 1. The first-order chi connectivity index (χ1) is 11.8. The molecule has 0 aliphatic rings. The largest absolute Gasteiger partial charge is 0.444 e. The van der Waals surface area contributed by atoms with Gasteiger partial charge in [0.25, 0.3) is 0 Å². The Bertz CT molecular complexity index is 685. The van der Waals surface area contributed by atoms with Crippen molar-refractivity contribution in [2.75, 3.05) is 13.1 Å². The summed E-state index contributed by atoms with van der Waals surface area (Å²) in [6, 6.07) is 5.84. The first-order valence-corrected chi connectivity index (χ1v) is 8.50. The van der Waals surface area contributed by atoms with E-state index in [0.29, 0.717) is 32.4 Å². The van der Waals surface area contributed by atoms with Crippen LogP contribution in [0.3, 0.4) is 0 Å². The summed E-state index contributed by atoms with van der Waals surface area (Å²) in [5.74, 6) is -0.0326. The minimum atomic E-state index is -0.515. The fraction of sp³-hybridized carbons (Fsp3) is 0.500. The smallest absolute Gasteiger partial charge is 0.407 e. The maximum absolute atomic E-state index is 11.8. The molecule has 0 radical (unpaired) electrons. The Hall–Kier alpha value is -2.57. The van der Waals surface area contributed by atoms with Gasteiger partial charge in [-0.05, 0) is 39.3 Å². The number of hydrogen-bond donors (Lipinski definition) is 2. The molecule has 7 nitrogen and oxygen atoms in total. The molecule has 0 bridgehead atoms. The summed E-state index contributed by atoms with van der Waals surface area (Å²) >= 11 is 0. The highest BCUT2D eigenvalue weighted by atomic mass is 16.6. The highest BCUT2D eigenvalue weighted by Crippen LogP contribution is 2.06. The van der Waals surface area contributed by atoms with Crippen LogP contribution in [0.5, 0.6) is 0 Å². The lowest BCUT2D eigenvalue weighted by atomic mass is 10.2. The number of pyridine rings is 1. The zero-order valence-electron chi connectivity index (χ0n) is 15.0. The molecule has 0 aliphatic heterocycles. The number of amides is 2. The topological polar surface area (TPSA) is 84.7 Å². The molecule has 2 N–H and O–H groups in total. The van der Waals surface area contributed by atoms with Gasteiger partial charge in [-0.2, -0.15) is 0 Å². The molecule has 0 fully saturated rings. The molecular formula is C18H26N4O3. The standard InChI is InChI=1S/C18H26N4O3/c1-18(2,3)25-17(24)20-10-6-8-16(23)19-11-9-14-13-22-12-5-4-7-15(22)21-14/h4-5,7,12-13H,6,8-11H2,1-3H3,(H,19,23)(H,20,24). The SMILES string of the molecule is CC(C)(C)OC(=O)NCCCC(=O)NCCc1cn2ccccc2n1. The van der Waals surface area contributed by atoms with Crippen LogP contribution in [0.2, 0.25) is 0 Å². The van der Waals surface area contributed by atoms with Crippen molar-refractivity contribution in [2.45, 2.75) is 45.6 Å². The fourth-order valence-corrected chi connectivity index (χ4v) is 2.28. The molecule has 0 aliphatic carbocycles. The number of imidazole rings is 1. The van der Waals surface area contributed by atoms with Crippen molar-refractivity contribution in [1.82, 2.24) is 20.0 Å². The molecule has 2 aromatic heterocycles. The van der Waals surface area contributed by atoms with E-state index in [-0.39, 0.29) is 5.91 Å². The van der Waals surface area contributed by atoms with Crippen LogP contribution in [0.15, 0.2) is 30.6 Å². The van der Waals surface area contributed by atoms with E-state index in [1.807, 2.05) is 55.8 Å². The number of aromatic nitrogens is 2. The van der Waals surface area contributed by atoms with Crippen LogP contribution in [0.25, 0.3) is 5.65 Å². The molecule has 2 aromatic rings. The lowest BCUT2D eigenvalue weighted by molar-refractivity contribution is -0.121. The van der Waals surface area contributed by atoms with Gasteiger partial charge in [0.05, 0.1) is 5.69 Å². The van der Waals surface area contributed by atoms with Crippen LogP contribution in [-0.4, -0.2) is 40.1 Å². The first-order valence-electron chi connectivity index (χ1n) is 8.50. The highest BCUT2D eigenvalue weighted by molar-refractivity contribution is 5.76. The molecule has 2 rings (SSSR count). The van der Waals surface area contributed by atoms with Crippen LogP contribution in [0.1, 0.15) is 39.3 Å². The summed E-state index contributed by atoms with van der Waals surface area (Å²) in [4.78, 5) is 27.7. The van der Waals surface area contributed by atoms with E-state index in [1.54, 1.807) is 0 Å². The average molecular weight is 346 g/mol. The summed E-state index contributed by atoms with van der Waals surface area (Å²) < 4.78 is 7.08. The normalized spacial score (nSPS) is 11.3. The van der Waals surface area contributed by atoms with Gasteiger partial charge in [0.1, 0.15) is 11.2 Å². The Morgan fingerprint density at radius 1 is 1.20 bits per heavy atom. The van der Waals surface area contributed by atoms with Crippen molar-refractivity contribution in [3.8, 4) is 0 Å². The monoisotopic (exact) mass is 346 g/mol. The average Bonchev–Trinajstić information content (AvgIpc) is 2.92. The van der Waals surface area contributed by atoms with Gasteiger partial charge in [-0.3, -0.25) is 4.79 Å². The number of carbonyl (C=O) groups excluding carboxylic acids is 2. The molecule has 0 atom stereocenters. The minimum Gasteiger partial charge on any atom is -0.444 e. The number of nitrogens with one attached hydrogen (secondary N) is 2. The van der Waals surface area contributed by atoms with Crippen molar-refractivity contribution < 1.29 is 14.3 Å². The molecule has 0 aromatic carbocycles. The number of nitrogens with zero attached hydrogens (tertiary/aromatic N) is 2. The third kappa shape index (κ3) is 6.82. The quantitative estimate of drug-likeness (QED) is 0.754. The third-order valence-corrected chi connectivity index (χ3v) is 3.37. The second kappa shape index (κ2) is 8.50. The number of alkyl carbamates (subject to hydrolysis) is 1. The maximum atomic E-state index is 11.8. The summed E-state index contributed by atoms with van der Waals surface area (Å²) in [5.41, 5.74) is 1.33. The summed E-state index contributed by atoms with van der Waals surface area (Å²) in [7, 11) is 0. The number of fused-ring (bicyclic) bond motifs is 1. The van der Waals surface area contributed by atoms with E-state index < -0.39 is 11.7 Å². The van der Waals surface area contributed by atoms with E-state index in [4.69, 9.17) is 4.74 Å². The summed E-state index contributed by atoms with van der Waals surface area (Å²) in [6.07, 6.45) is 5.07. The third-order valence-electron chi connectivity index (χ3n) is 3.37. The van der Waals surface area contributed by atoms with E-state index in [9.17, 15) is 9.59 Å². The Morgan fingerprint density at radius 2 is 2.00 bits per heavy atom. The molecular weight excluding hydrogens is 320 g/mol. The Kier molecular flexibility index (Phi) is 6.38. The predicted octanol–water partition coefficient (Wildman–Crippen LogP) is 2.30. The fourth-order valence-electron chi connectivity index (χ4n) is 2.28. The van der Waals surface area contributed by atoms with Gasteiger partial charge in [0.2, 0.25) is 5.91 Å².